The second-order valence-corrected chi connectivity index (χ2v) is 26.5. The van der Waals surface area contributed by atoms with Crippen LogP contribution in [-0.2, 0) is 9.59 Å². The molecule has 2 aliphatic rings. The zero-order valence-electron chi connectivity index (χ0n) is 56.5. The molecule has 2 heterocycles. The van der Waals surface area contributed by atoms with Crippen molar-refractivity contribution in [2.24, 2.45) is 0 Å². The number of anilines is 2. The number of halogens is 6. The third-order valence-corrected chi connectivity index (χ3v) is 18.2. The molecule has 0 aliphatic carbocycles. The number of amides is 6. The van der Waals surface area contributed by atoms with Gasteiger partial charge in [0.15, 0.2) is 0 Å². The summed E-state index contributed by atoms with van der Waals surface area (Å²) < 4.78 is 120. The standard InChI is InChI=1S/C80H66F6N4O10/c1-37-13-17-57(45(9)23-37)97-61-31-51-65-52(76(94)89(75(51)93)55(35-79(81,82)83)73(91)87-49-27-41(5)21-42(6)28-49)33-63(99-59-19-15-39(3)25-47(59)11)69-70-64(100-60-20-16-40(4)26-48(60)12)34-54-66-53(32-62(68(72(66)70)67(61)71(65)69)98-58-18-14-38(2)24-46(58)10)77(95)90(78(54)96)56(36-80(84,85)86)74(92)88-50-29-43(7)22-44(8)30-50/h13-34,55-56H,35-36H2,1-12H3,(H,87,91)(H,88,92). The van der Waals surface area contributed by atoms with Crippen LogP contribution >= 0.6 is 0 Å². The van der Waals surface area contributed by atoms with E-state index in [-0.39, 0.29) is 100 Å². The summed E-state index contributed by atoms with van der Waals surface area (Å²) in [5.41, 5.74) is 6.70. The van der Waals surface area contributed by atoms with Crippen molar-refractivity contribution in [1.82, 2.24) is 9.80 Å². The first-order valence-electron chi connectivity index (χ1n) is 32.2. The Morgan fingerprint density at radius 2 is 0.560 bits per heavy atom. The number of fused-ring (bicyclic) bond motifs is 2. The van der Waals surface area contributed by atoms with Gasteiger partial charge in [-0.15, -0.1) is 0 Å². The number of benzene rings is 11. The number of nitrogens with one attached hydrogen (secondary N) is 2. The summed E-state index contributed by atoms with van der Waals surface area (Å²) in [4.78, 5) is 94.6. The first kappa shape index (κ1) is 67.3. The average molecular weight is 1360 g/mol. The molecule has 0 spiro atoms. The molecule has 13 rings (SSSR count). The van der Waals surface area contributed by atoms with Crippen molar-refractivity contribution in [3.8, 4) is 46.0 Å². The second-order valence-electron chi connectivity index (χ2n) is 26.5. The summed E-state index contributed by atoms with van der Waals surface area (Å²) >= 11 is 0. The van der Waals surface area contributed by atoms with E-state index in [0.29, 0.717) is 54.3 Å². The van der Waals surface area contributed by atoms with E-state index in [9.17, 15) is 9.59 Å². The van der Waals surface area contributed by atoms with Gasteiger partial charge in [-0.05, 0) is 200 Å². The highest BCUT2D eigenvalue weighted by molar-refractivity contribution is 6.45. The summed E-state index contributed by atoms with van der Waals surface area (Å²) in [6.07, 6.45) is -14.3. The van der Waals surface area contributed by atoms with Gasteiger partial charge in [0.05, 0.1) is 35.1 Å². The lowest BCUT2D eigenvalue weighted by Gasteiger charge is -2.36. The van der Waals surface area contributed by atoms with Crippen LogP contribution in [-0.4, -0.2) is 69.7 Å². The number of rotatable bonds is 16. The van der Waals surface area contributed by atoms with E-state index >= 15 is 45.5 Å². The fraction of sp³-hybridized carbons (Fsp3) is 0.225. The van der Waals surface area contributed by atoms with Crippen LogP contribution in [0.2, 0.25) is 0 Å². The summed E-state index contributed by atoms with van der Waals surface area (Å²) in [6.45, 7) is 21.3. The lowest BCUT2D eigenvalue weighted by Crippen LogP contribution is -2.53. The van der Waals surface area contributed by atoms with Gasteiger partial charge >= 0.3 is 12.4 Å². The Kier molecular flexibility index (Phi) is 16.8. The van der Waals surface area contributed by atoms with Crippen LogP contribution in [0.1, 0.15) is 121 Å². The Hall–Kier alpha value is -11.3. The van der Waals surface area contributed by atoms with Crippen molar-refractivity contribution in [3.63, 3.8) is 0 Å². The van der Waals surface area contributed by atoms with Gasteiger partial charge in [-0.3, -0.25) is 38.6 Å². The molecule has 2 atom stereocenters. The predicted molar refractivity (Wildman–Crippen MR) is 371 cm³/mol. The molecule has 508 valence electrons. The molecule has 0 radical (unpaired) electrons. The van der Waals surface area contributed by atoms with Crippen molar-refractivity contribution in [3.05, 3.63) is 222 Å². The number of ether oxygens (including phenoxy) is 4. The van der Waals surface area contributed by atoms with Crippen molar-refractivity contribution in [2.75, 3.05) is 10.6 Å². The summed E-state index contributed by atoms with van der Waals surface area (Å²) in [5, 5.41) is 4.78. The minimum atomic E-state index is -5.16. The number of hydrogen-bond acceptors (Lipinski definition) is 10. The molecular weight excluding hydrogens is 1290 g/mol. The molecule has 20 heteroatoms. The van der Waals surface area contributed by atoms with Crippen LogP contribution in [0.5, 0.6) is 46.0 Å². The minimum absolute atomic E-state index is 0.00744. The Morgan fingerprint density at radius 1 is 0.320 bits per heavy atom. The molecular formula is C80H66F6N4O10. The molecule has 6 amide bonds. The third kappa shape index (κ3) is 12.4. The van der Waals surface area contributed by atoms with Gasteiger partial charge < -0.3 is 29.6 Å². The quantitative estimate of drug-likeness (QED) is 0.0411. The molecule has 100 heavy (non-hydrogen) atoms. The fourth-order valence-corrected chi connectivity index (χ4v) is 14.1. The van der Waals surface area contributed by atoms with Crippen molar-refractivity contribution < 1.29 is 74.1 Å². The molecule has 2 unspecified atom stereocenters. The van der Waals surface area contributed by atoms with Crippen LogP contribution in [0.25, 0.3) is 43.1 Å². The predicted octanol–water partition coefficient (Wildman–Crippen LogP) is 19.7. The van der Waals surface area contributed by atoms with Crippen LogP contribution < -0.4 is 29.6 Å². The van der Waals surface area contributed by atoms with E-state index in [1.165, 1.54) is 48.5 Å². The van der Waals surface area contributed by atoms with Gasteiger partial charge in [-0.1, -0.05) is 82.9 Å². The molecule has 2 aliphatic heterocycles. The number of hydrogen-bond donors (Lipinski definition) is 2. The monoisotopic (exact) mass is 1360 g/mol. The lowest BCUT2D eigenvalue weighted by molar-refractivity contribution is -0.151. The molecule has 11 aromatic carbocycles. The summed E-state index contributed by atoms with van der Waals surface area (Å²) in [6, 6.07) is 30.6. The number of carbonyl (C=O) groups is 6. The van der Waals surface area contributed by atoms with Crippen LogP contribution in [0.3, 0.4) is 0 Å². The highest BCUT2D eigenvalue weighted by Crippen LogP contribution is 2.59. The summed E-state index contributed by atoms with van der Waals surface area (Å²) in [7, 11) is 0. The normalized spacial score (nSPS) is 13.8. The topological polar surface area (TPSA) is 170 Å². The Bertz CT molecular complexity index is 4780. The highest BCUT2D eigenvalue weighted by atomic mass is 19.4. The van der Waals surface area contributed by atoms with Gasteiger partial charge in [0.1, 0.15) is 58.1 Å². The van der Waals surface area contributed by atoms with E-state index < -0.39 is 95.0 Å². The maximum absolute atomic E-state index is 16.1. The van der Waals surface area contributed by atoms with Gasteiger partial charge in [0.25, 0.3) is 23.6 Å². The molecule has 11 aromatic rings. The van der Waals surface area contributed by atoms with Crippen LogP contribution in [0.15, 0.2) is 133 Å². The Labute approximate surface area is 570 Å². The first-order chi connectivity index (χ1) is 47.2. The number of nitrogens with zero attached hydrogens (tertiary/aromatic N) is 2. The van der Waals surface area contributed by atoms with E-state index in [1.54, 1.807) is 116 Å². The maximum atomic E-state index is 16.1. The van der Waals surface area contributed by atoms with Crippen molar-refractivity contribution in [2.45, 2.75) is 120 Å². The fourth-order valence-electron chi connectivity index (χ4n) is 14.1. The van der Waals surface area contributed by atoms with Crippen LogP contribution in [0, 0.1) is 83.1 Å². The number of carbonyl (C=O) groups excluding carboxylic acids is 6. The number of alkyl halides is 6. The minimum Gasteiger partial charge on any atom is -0.456 e. The summed E-state index contributed by atoms with van der Waals surface area (Å²) in [5.74, 6) is -8.04. The van der Waals surface area contributed by atoms with Crippen LogP contribution in [0.4, 0.5) is 37.7 Å². The van der Waals surface area contributed by atoms with Gasteiger partial charge in [0.2, 0.25) is 11.8 Å². The Balaban J connectivity index is 1.21. The molecule has 0 fully saturated rings. The van der Waals surface area contributed by atoms with E-state index in [4.69, 9.17) is 18.9 Å². The largest absolute Gasteiger partial charge is 0.456 e. The van der Waals surface area contributed by atoms with Gasteiger partial charge in [-0.25, -0.2) is 0 Å². The smallest absolute Gasteiger partial charge is 0.391 e. The lowest BCUT2D eigenvalue weighted by atomic mass is 9.80. The Morgan fingerprint density at radius 3 is 0.780 bits per heavy atom. The van der Waals surface area contributed by atoms with Crippen molar-refractivity contribution >= 4 is 89.9 Å². The number of aryl methyl sites for hydroxylation is 12. The van der Waals surface area contributed by atoms with E-state index in [1.807, 2.05) is 52.0 Å². The SMILES string of the molecule is Cc1cc(C)cc(NC(=O)C(CC(F)(F)F)N2C(=O)c3cc(Oc4ccc(C)cc4C)c4c5c(Oc6ccc(C)cc6C)cc6c7c(cc(Oc8ccc(C)cc8C)c(c8c(Oc9ccc(C)cc9C)cc(c3c48)C2=O)c75)C(=O)N(C(CC(F)(F)F)C(=O)Nc2cc(C)cc(C)c2)C6=O)c1. The zero-order chi connectivity index (χ0) is 71.6. The molecule has 0 saturated carbocycles. The second kappa shape index (κ2) is 24.9. The van der Waals surface area contributed by atoms with E-state index in [0.717, 1.165) is 22.3 Å². The zero-order valence-corrected chi connectivity index (χ0v) is 56.5. The average Bonchev–Trinajstić information content (AvgIpc) is 0.671. The molecule has 2 N–H and O–H groups in total. The van der Waals surface area contributed by atoms with Gasteiger partial charge in [-0.2, -0.15) is 26.3 Å². The van der Waals surface area contributed by atoms with Crippen molar-refractivity contribution in [1.29, 1.82) is 0 Å². The first-order valence-corrected chi connectivity index (χ1v) is 32.2. The van der Waals surface area contributed by atoms with Gasteiger partial charge in [0, 0.05) is 54.5 Å². The molecule has 0 bridgehead atoms. The molecule has 0 aromatic heterocycles. The molecule has 14 nitrogen and oxygen atoms in total. The number of imide groups is 2. The molecule has 0 saturated heterocycles. The van der Waals surface area contributed by atoms with E-state index in [2.05, 4.69) is 10.6 Å². The third-order valence-electron chi connectivity index (χ3n) is 18.2. The highest BCUT2D eigenvalue weighted by Gasteiger charge is 2.50. The maximum Gasteiger partial charge on any atom is 0.391 e.